The molecule has 29 heavy (non-hydrogen) atoms. The molecule has 0 radical (unpaired) electrons. The summed E-state index contributed by atoms with van der Waals surface area (Å²) in [6.07, 6.45) is 0. The van der Waals surface area contributed by atoms with Gasteiger partial charge in [0.05, 0.1) is 24.3 Å². The standard InChI is InChI=1S/C22H27N3O3S/c1-17-6-5-7-18(14-17)23-21(26)15-29-16-22(27)25-12-10-24(11-13-25)19-8-3-4-9-20(19)28-2/h3-9,14H,10-13,15-16H2,1-2H3,(H,23,26). The Morgan fingerprint density at radius 2 is 1.79 bits per heavy atom. The molecule has 0 unspecified atom stereocenters. The number of carbonyl (C=O) groups is 2. The summed E-state index contributed by atoms with van der Waals surface area (Å²) in [6, 6.07) is 15.6. The Hall–Kier alpha value is -2.67. The van der Waals surface area contributed by atoms with Gasteiger partial charge in [0.2, 0.25) is 11.8 Å². The molecular formula is C22H27N3O3S. The Labute approximate surface area is 176 Å². The number of ether oxygens (including phenoxy) is 1. The lowest BCUT2D eigenvalue weighted by Gasteiger charge is -2.36. The van der Waals surface area contributed by atoms with Gasteiger partial charge in [-0.2, -0.15) is 0 Å². The van der Waals surface area contributed by atoms with Crippen LogP contribution in [-0.4, -0.2) is 61.5 Å². The maximum absolute atomic E-state index is 12.5. The first-order valence-corrected chi connectivity index (χ1v) is 10.8. The lowest BCUT2D eigenvalue weighted by atomic mass is 10.2. The number of amides is 2. The Balaban J connectivity index is 1.40. The molecule has 2 amide bonds. The second-order valence-electron chi connectivity index (χ2n) is 6.95. The molecule has 154 valence electrons. The zero-order valence-corrected chi connectivity index (χ0v) is 17.7. The monoisotopic (exact) mass is 413 g/mol. The van der Waals surface area contributed by atoms with E-state index in [0.29, 0.717) is 18.8 Å². The van der Waals surface area contributed by atoms with Crippen LogP contribution in [0.2, 0.25) is 0 Å². The Morgan fingerprint density at radius 3 is 2.52 bits per heavy atom. The molecule has 1 heterocycles. The number of carbonyl (C=O) groups excluding carboxylic acids is 2. The maximum Gasteiger partial charge on any atom is 0.234 e. The van der Waals surface area contributed by atoms with Gasteiger partial charge < -0.3 is 19.9 Å². The van der Waals surface area contributed by atoms with Gasteiger partial charge in [0.15, 0.2) is 0 Å². The molecule has 0 aromatic heterocycles. The first kappa shape index (κ1) is 21.0. The zero-order valence-electron chi connectivity index (χ0n) is 16.9. The molecule has 1 aliphatic rings. The molecule has 0 spiro atoms. The van der Waals surface area contributed by atoms with Gasteiger partial charge >= 0.3 is 0 Å². The third-order valence-corrected chi connectivity index (χ3v) is 5.74. The van der Waals surface area contributed by atoms with Crippen LogP contribution in [0.1, 0.15) is 5.56 Å². The number of para-hydroxylation sites is 2. The quantitative estimate of drug-likeness (QED) is 0.756. The maximum atomic E-state index is 12.5. The topological polar surface area (TPSA) is 61.9 Å². The number of aryl methyl sites for hydroxylation is 1. The van der Waals surface area contributed by atoms with Crippen molar-refractivity contribution in [1.29, 1.82) is 0 Å². The third-order valence-electron chi connectivity index (χ3n) is 4.82. The van der Waals surface area contributed by atoms with Crippen molar-refractivity contribution in [3.05, 3.63) is 54.1 Å². The van der Waals surface area contributed by atoms with Gasteiger partial charge in [-0.25, -0.2) is 0 Å². The van der Waals surface area contributed by atoms with E-state index in [2.05, 4.69) is 10.2 Å². The van der Waals surface area contributed by atoms with Crippen LogP contribution in [0.4, 0.5) is 11.4 Å². The van der Waals surface area contributed by atoms with Gasteiger partial charge in [0.1, 0.15) is 5.75 Å². The molecule has 1 saturated heterocycles. The molecule has 1 fully saturated rings. The van der Waals surface area contributed by atoms with E-state index in [1.165, 1.54) is 11.8 Å². The highest BCUT2D eigenvalue weighted by Gasteiger charge is 2.22. The minimum Gasteiger partial charge on any atom is -0.495 e. The fraction of sp³-hybridized carbons (Fsp3) is 0.364. The predicted molar refractivity (Wildman–Crippen MR) is 119 cm³/mol. The molecule has 0 atom stereocenters. The van der Waals surface area contributed by atoms with Crippen LogP contribution in [0, 0.1) is 6.92 Å². The number of anilines is 2. The predicted octanol–water partition coefficient (Wildman–Crippen LogP) is 3.02. The second kappa shape index (κ2) is 10.2. The Morgan fingerprint density at radius 1 is 1.03 bits per heavy atom. The lowest BCUT2D eigenvalue weighted by molar-refractivity contribution is -0.128. The van der Waals surface area contributed by atoms with Crippen LogP contribution in [-0.2, 0) is 9.59 Å². The smallest absolute Gasteiger partial charge is 0.234 e. The molecule has 0 saturated carbocycles. The van der Waals surface area contributed by atoms with E-state index in [1.54, 1.807) is 7.11 Å². The number of nitrogens with zero attached hydrogens (tertiary/aromatic N) is 2. The van der Waals surface area contributed by atoms with Crippen molar-refractivity contribution in [3.63, 3.8) is 0 Å². The average Bonchev–Trinajstić information content (AvgIpc) is 2.73. The lowest BCUT2D eigenvalue weighted by Crippen LogP contribution is -2.49. The summed E-state index contributed by atoms with van der Waals surface area (Å²) in [5.74, 6) is 1.42. The van der Waals surface area contributed by atoms with E-state index >= 15 is 0 Å². The van der Waals surface area contributed by atoms with Crippen molar-refractivity contribution >= 4 is 35.0 Å². The molecule has 2 aromatic carbocycles. The summed E-state index contributed by atoms with van der Waals surface area (Å²) in [5, 5.41) is 2.87. The highest BCUT2D eigenvalue weighted by Crippen LogP contribution is 2.28. The van der Waals surface area contributed by atoms with Crippen LogP contribution in [0.25, 0.3) is 0 Å². The first-order valence-electron chi connectivity index (χ1n) is 9.67. The molecule has 7 heteroatoms. The summed E-state index contributed by atoms with van der Waals surface area (Å²) >= 11 is 1.35. The van der Waals surface area contributed by atoms with Crippen LogP contribution in [0.3, 0.4) is 0 Å². The number of hydrogen-bond acceptors (Lipinski definition) is 5. The van der Waals surface area contributed by atoms with E-state index in [4.69, 9.17) is 4.74 Å². The molecule has 1 N–H and O–H groups in total. The van der Waals surface area contributed by atoms with E-state index in [0.717, 1.165) is 35.8 Å². The van der Waals surface area contributed by atoms with E-state index in [9.17, 15) is 9.59 Å². The number of thioether (sulfide) groups is 1. The largest absolute Gasteiger partial charge is 0.495 e. The summed E-state index contributed by atoms with van der Waals surface area (Å²) < 4.78 is 5.43. The highest BCUT2D eigenvalue weighted by molar-refractivity contribution is 8.00. The van der Waals surface area contributed by atoms with Gasteiger partial charge in [-0.1, -0.05) is 24.3 Å². The van der Waals surface area contributed by atoms with Gasteiger partial charge in [0.25, 0.3) is 0 Å². The number of piperazine rings is 1. The minimum atomic E-state index is -0.0885. The molecule has 6 nitrogen and oxygen atoms in total. The molecule has 1 aliphatic heterocycles. The zero-order chi connectivity index (χ0) is 20.6. The fourth-order valence-electron chi connectivity index (χ4n) is 3.33. The molecule has 0 aliphatic carbocycles. The number of nitrogens with one attached hydrogen (secondary N) is 1. The summed E-state index contributed by atoms with van der Waals surface area (Å²) in [7, 11) is 1.67. The average molecular weight is 414 g/mol. The normalized spacial score (nSPS) is 13.9. The minimum absolute atomic E-state index is 0.0815. The van der Waals surface area contributed by atoms with E-state index in [-0.39, 0.29) is 17.6 Å². The van der Waals surface area contributed by atoms with Crippen molar-refractivity contribution < 1.29 is 14.3 Å². The van der Waals surface area contributed by atoms with Gasteiger partial charge in [-0.3, -0.25) is 9.59 Å². The number of methoxy groups -OCH3 is 1. The first-order chi connectivity index (χ1) is 14.1. The highest BCUT2D eigenvalue weighted by atomic mass is 32.2. The van der Waals surface area contributed by atoms with Gasteiger partial charge in [0, 0.05) is 31.9 Å². The molecule has 2 aromatic rings. The van der Waals surface area contributed by atoms with Crippen molar-refractivity contribution in [2.75, 3.05) is 55.0 Å². The van der Waals surface area contributed by atoms with E-state index in [1.807, 2.05) is 60.4 Å². The van der Waals surface area contributed by atoms with Gasteiger partial charge in [-0.15, -0.1) is 11.8 Å². The van der Waals surface area contributed by atoms with Crippen molar-refractivity contribution in [2.45, 2.75) is 6.92 Å². The summed E-state index contributed by atoms with van der Waals surface area (Å²) in [4.78, 5) is 28.7. The van der Waals surface area contributed by atoms with Crippen molar-refractivity contribution in [3.8, 4) is 5.75 Å². The van der Waals surface area contributed by atoms with Gasteiger partial charge in [-0.05, 0) is 36.8 Å². The molecule has 0 bridgehead atoms. The van der Waals surface area contributed by atoms with E-state index < -0.39 is 0 Å². The number of rotatable bonds is 7. The Kier molecular flexibility index (Phi) is 7.41. The molecular weight excluding hydrogens is 386 g/mol. The number of hydrogen-bond donors (Lipinski definition) is 1. The van der Waals surface area contributed by atoms with Crippen molar-refractivity contribution in [2.24, 2.45) is 0 Å². The fourth-order valence-corrected chi connectivity index (χ4v) is 4.05. The van der Waals surface area contributed by atoms with Crippen LogP contribution < -0.4 is 15.0 Å². The van der Waals surface area contributed by atoms with Crippen molar-refractivity contribution in [1.82, 2.24) is 4.90 Å². The summed E-state index contributed by atoms with van der Waals surface area (Å²) in [5.41, 5.74) is 2.94. The van der Waals surface area contributed by atoms with Crippen LogP contribution >= 0.6 is 11.8 Å². The summed E-state index contributed by atoms with van der Waals surface area (Å²) in [6.45, 7) is 4.87. The second-order valence-corrected chi connectivity index (χ2v) is 7.94. The van der Waals surface area contributed by atoms with Crippen LogP contribution in [0.15, 0.2) is 48.5 Å². The SMILES string of the molecule is COc1ccccc1N1CCN(C(=O)CSCC(=O)Nc2cccc(C)c2)CC1. The number of benzene rings is 2. The molecule has 3 rings (SSSR count). The van der Waals surface area contributed by atoms with Crippen LogP contribution in [0.5, 0.6) is 5.75 Å². The third kappa shape index (κ3) is 5.90. The Bertz CT molecular complexity index is 851.